The highest BCUT2D eigenvalue weighted by atomic mass is 35.5. The van der Waals surface area contributed by atoms with E-state index in [-0.39, 0.29) is 11.7 Å². The summed E-state index contributed by atoms with van der Waals surface area (Å²) in [6.45, 7) is 2.40. The van der Waals surface area contributed by atoms with Crippen LogP contribution in [0.3, 0.4) is 0 Å². The van der Waals surface area contributed by atoms with Gasteiger partial charge in [-0.1, -0.05) is 30.1 Å². The number of halogens is 2. The van der Waals surface area contributed by atoms with Crippen molar-refractivity contribution >= 4 is 40.6 Å². The molecule has 0 radical (unpaired) electrons. The van der Waals surface area contributed by atoms with Gasteiger partial charge in [0.1, 0.15) is 5.78 Å². The lowest BCUT2D eigenvalue weighted by atomic mass is 9.91. The summed E-state index contributed by atoms with van der Waals surface area (Å²) in [5.41, 5.74) is 0.702. The zero-order valence-electron chi connectivity index (χ0n) is 10.7. The van der Waals surface area contributed by atoms with Crippen molar-refractivity contribution in [2.45, 2.75) is 26.2 Å². The molecule has 1 aliphatic rings. The van der Waals surface area contributed by atoms with E-state index in [2.05, 4.69) is 0 Å². The minimum atomic E-state index is -0.506. The number of nitrogens with zero attached hydrogens (tertiary/aromatic N) is 1. The van der Waals surface area contributed by atoms with E-state index in [0.717, 1.165) is 6.42 Å². The molecule has 0 aliphatic carbocycles. The Morgan fingerprint density at radius 3 is 2.74 bits per heavy atom. The summed E-state index contributed by atoms with van der Waals surface area (Å²) in [6.07, 6.45) is 1.86. The lowest BCUT2D eigenvalue weighted by Gasteiger charge is -2.31. The first kappa shape index (κ1) is 14.4. The molecule has 1 heterocycles. The minimum absolute atomic E-state index is 0.00904. The molecule has 0 N–H and O–H groups in total. The SMILES string of the molecule is CCC(=O)C1CCCN(c2ccc(Cl)c(Cl)c2)C1=O. The predicted molar refractivity (Wildman–Crippen MR) is 76.8 cm³/mol. The van der Waals surface area contributed by atoms with Gasteiger partial charge in [0.15, 0.2) is 0 Å². The molecule has 1 saturated heterocycles. The summed E-state index contributed by atoms with van der Waals surface area (Å²) in [5.74, 6) is -0.626. The molecule has 1 fully saturated rings. The summed E-state index contributed by atoms with van der Waals surface area (Å²) >= 11 is 11.8. The van der Waals surface area contributed by atoms with E-state index in [4.69, 9.17) is 23.2 Å². The Kier molecular flexibility index (Phi) is 4.48. The number of rotatable bonds is 3. The van der Waals surface area contributed by atoms with Gasteiger partial charge in [-0.2, -0.15) is 0 Å². The van der Waals surface area contributed by atoms with E-state index in [1.807, 2.05) is 0 Å². The van der Waals surface area contributed by atoms with E-state index in [9.17, 15) is 9.59 Å². The molecule has 5 heteroatoms. The van der Waals surface area contributed by atoms with Gasteiger partial charge in [0, 0.05) is 18.7 Å². The molecular formula is C14H15Cl2NO2. The number of anilines is 1. The number of carbonyl (C=O) groups excluding carboxylic acids is 2. The van der Waals surface area contributed by atoms with E-state index >= 15 is 0 Å². The Hall–Kier alpha value is -1.06. The number of piperidine rings is 1. The second kappa shape index (κ2) is 5.93. The van der Waals surface area contributed by atoms with Crippen LogP contribution in [0.2, 0.25) is 10.0 Å². The zero-order chi connectivity index (χ0) is 14.0. The molecule has 2 rings (SSSR count). The van der Waals surface area contributed by atoms with Crippen LogP contribution in [0.1, 0.15) is 26.2 Å². The van der Waals surface area contributed by atoms with Gasteiger partial charge >= 0.3 is 0 Å². The number of Topliss-reactive ketones (excluding diaryl/α,β-unsaturated/α-hetero) is 1. The average Bonchev–Trinajstić information content (AvgIpc) is 2.41. The molecule has 3 nitrogen and oxygen atoms in total. The standard InChI is InChI=1S/C14H15Cl2NO2/c1-2-13(18)10-4-3-7-17(14(10)19)9-5-6-11(15)12(16)8-9/h5-6,8,10H,2-4,7H2,1H3. The van der Waals surface area contributed by atoms with Crippen LogP contribution in [0, 0.1) is 5.92 Å². The predicted octanol–water partition coefficient (Wildman–Crippen LogP) is 3.72. The average molecular weight is 300 g/mol. The second-order valence-electron chi connectivity index (χ2n) is 4.60. The van der Waals surface area contributed by atoms with Gasteiger partial charge in [0.2, 0.25) is 5.91 Å². The van der Waals surface area contributed by atoms with E-state index in [1.54, 1.807) is 30.0 Å². The lowest BCUT2D eigenvalue weighted by Crippen LogP contribution is -2.44. The normalized spacial score (nSPS) is 19.6. The van der Waals surface area contributed by atoms with Crippen LogP contribution in [0.4, 0.5) is 5.69 Å². The Morgan fingerprint density at radius 1 is 1.37 bits per heavy atom. The molecule has 1 aliphatic heterocycles. The van der Waals surface area contributed by atoms with Crippen molar-refractivity contribution in [2.24, 2.45) is 5.92 Å². The van der Waals surface area contributed by atoms with Crippen molar-refractivity contribution in [1.82, 2.24) is 0 Å². The summed E-state index contributed by atoms with van der Waals surface area (Å²) in [4.78, 5) is 25.8. The molecule has 0 spiro atoms. The highest BCUT2D eigenvalue weighted by molar-refractivity contribution is 6.42. The molecule has 0 bridgehead atoms. The maximum atomic E-state index is 12.4. The highest BCUT2D eigenvalue weighted by Crippen LogP contribution is 2.30. The second-order valence-corrected chi connectivity index (χ2v) is 5.42. The summed E-state index contributed by atoms with van der Waals surface area (Å²) < 4.78 is 0. The molecular weight excluding hydrogens is 285 g/mol. The van der Waals surface area contributed by atoms with Crippen LogP contribution < -0.4 is 4.90 Å². The lowest BCUT2D eigenvalue weighted by molar-refractivity contribution is -0.133. The number of hydrogen-bond acceptors (Lipinski definition) is 2. The monoisotopic (exact) mass is 299 g/mol. The van der Waals surface area contributed by atoms with Crippen molar-refractivity contribution in [1.29, 1.82) is 0 Å². The molecule has 0 saturated carbocycles. The van der Waals surface area contributed by atoms with Crippen molar-refractivity contribution < 1.29 is 9.59 Å². The molecule has 102 valence electrons. The molecule has 1 amide bonds. The third-order valence-corrected chi connectivity index (χ3v) is 4.13. The maximum Gasteiger partial charge on any atom is 0.237 e. The Labute approximate surface area is 122 Å². The summed E-state index contributed by atoms with van der Waals surface area (Å²) in [6, 6.07) is 5.09. The Bertz CT molecular complexity index is 516. The topological polar surface area (TPSA) is 37.4 Å². The van der Waals surface area contributed by atoms with Gasteiger partial charge in [0.25, 0.3) is 0 Å². The first-order chi connectivity index (χ1) is 9.04. The van der Waals surface area contributed by atoms with Crippen molar-refractivity contribution in [2.75, 3.05) is 11.4 Å². The van der Waals surface area contributed by atoms with Gasteiger partial charge in [-0.25, -0.2) is 0 Å². The number of hydrogen-bond donors (Lipinski definition) is 0. The zero-order valence-corrected chi connectivity index (χ0v) is 12.2. The van der Waals surface area contributed by atoms with Crippen LogP contribution in [-0.4, -0.2) is 18.2 Å². The van der Waals surface area contributed by atoms with Gasteiger partial charge < -0.3 is 4.90 Å². The van der Waals surface area contributed by atoms with Crippen LogP contribution in [-0.2, 0) is 9.59 Å². The molecule has 1 unspecified atom stereocenters. The van der Waals surface area contributed by atoms with Crippen LogP contribution >= 0.6 is 23.2 Å². The number of benzene rings is 1. The van der Waals surface area contributed by atoms with Gasteiger partial charge in [-0.3, -0.25) is 9.59 Å². The fourth-order valence-electron chi connectivity index (χ4n) is 2.33. The Balaban J connectivity index is 2.26. The van der Waals surface area contributed by atoms with Gasteiger partial charge in [0.05, 0.1) is 16.0 Å². The molecule has 1 aromatic rings. The van der Waals surface area contributed by atoms with Gasteiger partial charge in [-0.05, 0) is 31.0 Å². The fourth-order valence-corrected chi connectivity index (χ4v) is 2.62. The summed E-state index contributed by atoms with van der Waals surface area (Å²) in [5, 5.41) is 0.868. The van der Waals surface area contributed by atoms with Crippen molar-refractivity contribution in [3.8, 4) is 0 Å². The van der Waals surface area contributed by atoms with E-state index in [1.165, 1.54) is 0 Å². The van der Waals surface area contributed by atoms with E-state index < -0.39 is 5.92 Å². The van der Waals surface area contributed by atoms with E-state index in [0.29, 0.717) is 35.1 Å². The molecule has 0 aromatic heterocycles. The molecule has 1 atom stereocenters. The highest BCUT2D eigenvalue weighted by Gasteiger charge is 2.33. The van der Waals surface area contributed by atoms with Gasteiger partial charge in [-0.15, -0.1) is 0 Å². The smallest absolute Gasteiger partial charge is 0.237 e. The molecule has 19 heavy (non-hydrogen) atoms. The largest absolute Gasteiger partial charge is 0.312 e. The quantitative estimate of drug-likeness (QED) is 0.798. The van der Waals surface area contributed by atoms with Crippen LogP contribution in [0.15, 0.2) is 18.2 Å². The van der Waals surface area contributed by atoms with Crippen LogP contribution in [0.25, 0.3) is 0 Å². The number of carbonyl (C=O) groups is 2. The van der Waals surface area contributed by atoms with Crippen molar-refractivity contribution in [3.63, 3.8) is 0 Å². The molecule has 1 aromatic carbocycles. The van der Waals surface area contributed by atoms with Crippen molar-refractivity contribution in [3.05, 3.63) is 28.2 Å². The van der Waals surface area contributed by atoms with Crippen LogP contribution in [0.5, 0.6) is 0 Å². The summed E-state index contributed by atoms with van der Waals surface area (Å²) in [7, 11) is 0. The number of amides is 1. The third-order valence-electron chi connectivity index (χ3n) is 3.39. The third kappa shape index (κ3) is 2.93. The maximum absolute atomic E-state index is 12.4. The first-order valence-electron chi connectivity index (χ1n) is 6.33. The fraction of sp³-hybridized carbons (Fsp3) is 0.429. The number of ketones is 1. The Morgan fingerprint density at radius 2 is 2.11 bits per heavy atom. The minimum Gasteiger partial charge on any atom is -0.312 e. The first-order valence-corrected chi connectivity index (χ1v) is 7.09.